The summed E-state index contributed by atoms with van der Waals surface area (Å²) in [6.45, 7) is 3.65. The molecule has 0 saturated carbocycles. The van der Waals surface area contributed by atoms with Gasteiger partial charge in [0, 0.05) is 15.5 Å². The normalized spacial score (nSPS) is 12.5. The van der Waals surface area contributed by atoms with Gasteiger partial charge in [-0.1, -0.05) is 33.6 Å². The highest BCUT2D eigenvalue weighted by Crippen LogP contribution is 2.27. The summed E-state index contributed by atoms with van der Waals surface area (Å²) in [6.07, 6.45) is 2.55. The van der Waals surface area contributed by atoms with Gasteiger partial charge in [0.2, 0.25) is 0 Å². The predicted octanol–water partition coefficient (Wildman–Crippen LogP) is 3.68. The molecule has 2 N–H and O–H groups in total. The van der Waals surface area contributed by atoms with Crippen LogP contribution in [0.3, 0.4) is 0 Å². The summed E-state index contributed by atoms with van der Waals surface area (Å²) in [5, 5.41) is 0.706. The smallest absolute Gasteiger partial charge is 0.0410 e. The molecule has 0 aliphatic rings. The molecule has 1 atom stereocenters. The van der Waals surface area contributed by atoms with Gasteiger partial charge in [-0.05, 0) is 30.2 Å². The van der Waals surface area contributed by atoms with Crippen LogP contribution < -0.4 is 5.73 Å². The van der Waals surface area contributed by atoms with E-state index < -0.39 is 0 Å². The van der Waals surface area contributed by atoms with Gasteiger partial charge in [-0.15, -0.1) is 6.58 Å². The van der Waals surface area contributed by atoms with Crippen LogP contribution in [0.25, 0.3) is 0 Å². The minimum Gasteiger partial charge on any atom is -0.324 e. The fourth-order valence-corrected chi connectivity index (χ4v) is 1.83. The third-order valence-corrected chi connectivity index (χ3v) is 2.74. The quantitative estimate of drug-likeness (QED) is 0.825. The van der Waals surface area contributed by atoms with Gasteiger partial charge in [0.15, 0.2) is 0 Å². The molecular weight excluding hydrogens is 249 g/mol. The summed E-state index contributed by atoms with van der Waals surface area (Å²) in [5.41, 5.74) is 6.94. The van der Waals surface area contributed by atoms with E-state index in [4.69, 9.17) is 17.3 Å². The Morgan fingerprint density at radius 3 is 2.92 bits per heavy atom. The van der Waals surface area contributed by atoms with E-state index in [1.807, 2.05) is 18.2 Å². The van der Waals surface area contributed by atoms with E-state index in [-0.39, 0.29) is 6.04 Å². The number of nitrogens with two attached hydrogens (primary N) is 1. The second-order valence-electron chi connectivity index (χ2n) is 2.80. The average molecular weight is 261 g/mol. The molecule has 0 radical (unpaired) electrons. The Kier molecular flexibility index (Phi) is 3.97. The third kappa shape index (κ3) is 2.83. The van der Waals surface area contributed by atoms with E-state index in [9.17, 15) is 0 Å². The molecule has 3 heteroatoms. The molecule has 0 heterocycles. The first kappa shape index (κ1) is 10.8. The molecule has 1 unspecified atom stereocenters. The third-order valence-electron chi connectivity index (χ3n) is 1.78. The maximum absolute atomic E-state index is 5.92. The van der Waals surface area contributed by atoms with Crippen LogP contribution in [0.5, 0.6) is 0 Å². The highest BCUT2D eigenvalue weighted by Gasteiger charge is 2.08. The molecule has 1 aromatic carbocycles. The molecular formula is C10H11BrClN. The van der Waals surface area contributed by atoms with Crippen molar-refractivity contribution in [1.29, 1.82) is 0 Å². The van der Waals surface area contributed by atoms with E-state index >= 15 is 0 Å². The summed E-state index contributed by atoms with van der Waals surface area (Å²) in [6, 6.07) is 5.57. The van der Waals surface area contributed by atoms with Gasteiger partial charge in [0.1, 0.15) is 0 Å². The second-order valence-corrected chi connectivity index (χ2v) is 4.09. The summed E-state index contributed by atoms with van der Waals surface area (Å²) in [4.78, 5) is 0. The Bertz CT molecular complexity index is 312. The Labute approximate surface area is 91.7 Å². The van der Waals surface area contributed by atoms with Gasteiger partial charge in [0.05, 0.1) is 0 Å². The Morgan fingerprint density at radius 2 is 2.31 bits per heavy atom. The number of hydrogen-bond acceptors (Lipinski definition) is 1. The lowest BCUT2D eigenvalue weighted by molar-refractivity contribution is 0.738. The standard InChI is InChI=1S/C10H11BrClN/c1-2-3-10(13)8-6-7(12)4-5-9(8)11/h2,4-6,10H,1,3,13H2. The molecule has 1 nitrogen and oxygen atoms in total. The second kappa shape index (κ2) is 4.80. The van der Waals surface area contributed by atoms with Crippen LogP contribution in [0.1, 0.15) is 18.0 Å². The van der Waals surface area contributed by atoms with Crippen molar-refractivity contribution in [2.24, 2.45) is 5.73 Å². The van der Waals surface area contributed by atoms with Crippen LogP contribution in [0.2, 0.25) is 5.02 Å². The van der Waals surface area contributed by atoms with Gasteiger partial charge >= 0.3 is 0 Å². The minimum absolute atomic E-state index is 0.0365. The number of benzene rings is 1. The Balaban J connectivity index is 2.97. The molecule has 70 valence electrons. The van der Waals surface area contributed by atoms with Gasteiger partial charge in [0.25, 0.3) is 0 Å². The van der Waals surface area contributed by atoms with Crippen LogP contribution in [0.15, 0.2) is 35.3 Å². The van der Waals surface area contributed by atoms with Crippen LogP contribution in [0.4, 0.5) is 0 Å². The molecule has 0 spiro atoms. The monoisotopic (exact) mass is 259 g/mol. The molecule has 0 bridgehead atoms. The lowest BCUT2D eigenvalue weighted by Gasteiger charge is -2.11. The zero-order valence-corrected chi connectivity index (χ0v) is 9.48. The van der Waals surface area contributed by atoms with Crippen molar-refractivity contribution in [1.82, 2.24) is 0 Å². The van der Waals surface area contributed by atoms with Crippen molar-refractivity contribution in [2.45, 2.75) is 12.5 Å². The molecule has 0 aliphatic heterocycles. The first-order chi connectivity index (χ1) is 6.15. The maximum atomic E-state index is 5.92. The molecule has 0 amide bonds. The first-order valence-corrected chi connectivity index (χ1v) is 5.13. The van der Waals surface area contributed by atoms with Crippen molar-refractivity contribution in [3.05, 3.63) is 45.9 Å². The topological polar surface area (TPSA) is 26.0 Å². The van der Waals surface area contributed by atoms with Gasteiger partial charge in [-0.25, -0.2) is 0 Å². The fraction of sp³-hybridized carbons (Fsp3) is 0.200. The molecule has 1 aromatic rings. The van der Waals surface area contributed by atoms with Crippen molar-refractivity contribution in [3.8, 4) is 0 Å². The van der Waals surface area contributed by atoms with Crippen molar-refractivity contribution < 1.29 is 0 Å². The number of halogens is 2. The zero-order chi connectivity index (χ0) is 9.84. The summed E-state index contributed by atoms with van der Waals surface area (Å²) in [5.74, 6) is 0. The average Bonchev–Trinajstić information content (AvgIpc) is 2.09. The van der Waals surface area contributed by atoms with E-state index in [1.165, 1.54) is 0 Å². The first-order valence-electron chi connectivity index (χ1n) is 3.96. The van der Waals surface area contributed by atoms with Crippen molar-refractivity contribution in [2.75, 3.05) is 0 Å². The minimum atomic E-state index is -0.0365. The zero-order valence-electron chi connectivity index (χ0n) is 7.13. The molecule has 1 rings (SSSR count). The largest absolute Gasteiger partial charge is 0.324 e. The Morgan fingerprint density at radius 1 is 1.62 bits per heavy atom. The summed E-state index contributed by atoms with van der Waals surface area (Å²) < 4.78 is 0.992. The molecule has 0 fully saturated rings. The highest BCUT2D eigenvalue weighted by atomic mass is 79.9. The molecule has 13 heavy (non-hydrogen) atoms. The van der Waals surface area contributed by atoms with Crippen LogP contribution in [-0.4, -0.2) is 0 Å². The number of rotatable bonds is 3. The van der Waals surface area contributed by atoms with Crippen LogP contribution >= 0.6 is 27.5 Å². The molecule has 0 aliphatic carbocycles. The van der Waals surface area contributed by atoms with Crippen LogP contribution in [0, 0.1) is 0 Å². The van der Waals surface area contributed by atoms with E-state index in [0.717, 1.165) is 16.5 Å². The van der Waals surface area contributed by atoms with Crippen molar-refractivity contribution in [3.63, 3.8) is 0 Å². The Hall–Kier alpha value is -0.310. The van der Waals surface area contributed by atoms with Gasteiger partial charge in [-0.2, -0.15) is 0 Å². The SMILES string of the molecule is C=CCC(N)c1cc(Cl)ccc1Br. The maximum Gasteiger partial charge on any atom is 0.0410 e. The highest BCUT2D eigenvalue weighted by molar-refractivity contribution is 9.10. The molecule has 0 saturated heterocycles. The summed E-state index contributed by atoms with van der Waals surface area (Å²) >= 11 is 9.29. The van der Waals surface area contributed by atoms with Gasteiger partial charge in [-0.3, -0.25) is 0 Å². The van der Waals surface area contributed by atoms with Gasteiger partial charge < -0.3 is 5.73 Å². The lowest BCUT2D eigenvalue weighted by Crippen LogP contribution is -2.09. The fourth-order valence-electron chi connectivity index (χ4n) is 1.11. The van der Waals surface area contributed by atoms with Crippen molar-refractivity contribution >= 4 is 27.5 Å². The predicted molar refractivity (Wildman–Crippen MR) is 60.9 cm³/mol. The van der Waals surface area contributed by atoms with E-state index in [1.54, 1.807) is 6.08 Å². The molecule has 0 aromatic heterocycles. The van der Waals surface area contributed by atoms with E-state index in [0.29, 0.717) is 5.02 Å². The number of hydrogen-bond donors (Lipinski definition) is 1. The van der Waals surface area contributed by atoms with Crippen LogP contribution in [-0.2, 0) is 0 Å². The van der Waals surface area contributed by atoms with E-state index in [2.05, 4.69) is 22.5 Å². The lowest BCUT2D eigenvalue weighted by atomic mass is 10.1. The summed E-state index contributed by atoms with van der Waals surface area (Å²) in [7, 11) is 0.